The molecule has 1 fully saturated rings. The minimum absolute atomic E-state index is 0.134. The molecule has 31 heavy (non-hydrogen) atoms. The van der Waals surface area contributed by atoms with E-state index in [0.29, 0.717) is 25.5 Å². The molecule has 0 bridgehead atoms. The number of ether oxygens (including phenoxy) is 1. The number of fused-ring (bicyclic) bond motifs is 1. The van der Waals surface area contributed by atoms with Crippen LogP contribution in [-0.2, 0) is 11.2 Å². The summed E-state index contributed by atoms with van der Waals surface area (Å²) in [7, 11) is 0. The Balaban J connectivity index is 1.64. The van der Waals surface area contributed by atoms with Gasteiger partial charge >= 0.3 is 0 Å². The molecule has 0 amide bonds. The SMILES string of the molecule is Nc1ncc(-c2nc(N3CCOCC3)c3sc(-c4cccc(CCO)c4)cc3n2)cn1. The Morgan fingerprint density at radius 3 is 2.65 bits per heavy atom. The molecular weight excluding hydrogens is 412 g/mol. The van der Waals surface area contributed by atoms with Crippen molar-refractivity contribution in [2.24, 2.45) is 0 Å². The van der Waals surface area contributed by atoms with Gasteiger partial charge in [0, 0.05) is 37.0 Å². The van der Waals surface area contributed by atoms with Crippen LogP contribution < -0.4 is 10.6 Å². The van der Waals surface area contributed by atoms with Crippen molar-refractivity contribution in [3.05, 3.63) is 48.3 Å². The number of thiophene rings is 1. The molecule has 0 atom stereocenters. The lowest BCUT2D eigenvalue weighted by Gasteiger charge is -2.28. The molecule has 0 unspecified atom stereocenters. The average molecular weight is 435 g/mol. The predicted molar refractivity (Wildman–Crippen MR) is 122 cm³/mol. The molecule has 1 aliphatic rings. The highest BCUT2D eigenvalue weighted by Gasteiger charge is 2.21. The maximum atomic E-state index is 9.28. The van der Waals surface area contributed by atoms with E-state index in [1.54, 1.807) is 23.7 Å². The van der Waals surface area contributed by atoms with Gasteiger partial charge in [0.1, 0.15) is 0 Å². The van der Waals surface area contributed by atoms with Crippen molar-refractivity contribution in [1.82, 2.24) is 19.9 Å². The summed E-state index contributed by atoms with van der Waals surface area (Å²) >= 11 is 1.68. The van der Waals surface area contributed by atoms with Crippen LogP contribution in [0.5, 0.6) is 0 Å². The van der Waals surface area contributed by atoms with Crippen molar-refractivity contribution >= 4 is 33.3 Å². The Kier molecular flexibility index (Phi) is 5.46. The van der Waals surface area contributed by atoms with Crippen LogP contribution in [-0.4, -0.2) is 58.0 Å². The Hall–Kier alpha value is -3.14. The molecule has 9 heteroatoms. The van der Waals surface area contributed by atoms with Crippen LogP contribution in [0.25, 0.3) is 32.0 Å². The maximum Gasteiger partial charge on any atom is 0.219 e. The van der Waals surface area contributed by atoms with Gasteiger partial charge in [0.15, 0.2) is 11.6 Å². The number of nitrogens with zero attached hydrogens (tertiary/aromatic N) is 5. The van der Waals surface area contributed by atoms with Crippen molar-refractivity contribution < 1.29 is 9.84 Å². The zero-order valence-electron chi connectivity index (χ0n) is 16.9. The van der Waals surface area contributed by atoms with E-state index < -0.39 is 0 Å². The molecule has 0 radical (unpaired) electrons. The number of nitrogen functional groups attached to an aromatic ring is 1. The van der Waals surface area contributed by atoms with Gasteiger partial charge in [0.25, 0.3) is 0 Å². The number of anilines is 2. The summed E-state index contributed by atoms with van der Waals surface area (Å²) in [6, 6.07) is 10.4. The summed E-state index contributed by atoms with van der Waals surface area (Å²) in [5.74, 6) is 1.70. The molecule has 4 heterocycles. The number of aromatic nitrogens is 4. The van der Waals surface area contributed by atoms with E-state index in [9.17, 15) is 5.11 Å². The third-order valence-corrected chi connectivity index (χ3v) is 6.38. The van der Waals surface area contributed by atoms with Crippen LogP contribution in [0.2, 0.25) is 0 Å². The van der Waals surface area contributed by atoms with Crippen molar-refractivity contribution in [3.8, 4) is 21.8 Å². The number of hydrogen-bond donors (Lipinski definition) is 2. The van der Waals surface area contributed by atoms with Gasteiger partial charge in [0.2, 0.25) is 5.95 Å². The molecule has 5 rings (SSSR count). The topological polar surface area (TPSA) is 110 Å². The molecule has 1 saturated heterocycles. The van der Waals surface area contributed by atoms with E-state index in [1.807, 2.05) is 12.1 Å². The summed E-state index contributed by atoms with van der Waals surface area (Å²) in [5, 5.41) is 9.28. The highest BCUT2D eigenvalue weighted by Crippen LogP contribution is 2.39. The Bertz CT molecular complexity index is 1200. The molecule has 8 nitrogen and oxygen atoms in total. The molecule has 0 saturated carbocycles. The minimum Gasteiger partial charge on any atom is -0.396 e. The fourth-order valence-electron chi connectivity index (χ4n) is 3.64. The van der Waals surface area contributed by atoms with Crippen LogP contribution >= 0.6 is 11.3 Å². The Morgan fingerprint density at radius 1 is 1.06 bits per heavy atom. The molecule has 158 valence electrons. The minimum atomic E-state index is 0.134. The monoisotopic (exact) mass is 434 g/mol. The van der Waals surface area contributed by atoms with E-state index in [0.717, 1.165) is 50.7 Å². The van der Waals surface area contributed by atoms with Crippen molar-refractivity contribution in [1.29, 1.82) is 0 Å². The molecular formula is C22H22N6O2S. The number of rotatable bonds is 5. The first-order valence-electron chi connectivity index (χ1n) is 10.1. The van der Waals surface area contributed by atoms with Gasteiger partial charge in [-0.15, -0.1) is 11.3 Å². The number of nitrogens with two attached hydrogens (primary N) is 1. The highest BCUT2D eigenvalue weighted by molar-refractivity contribution is 7.22. The largest absolute Gasteiger partial charge is 0.396 e. The first kappa shape index (κ1) is 19.8. The number of aliphatic hydroxyl groups is 1. The lowest BCUT2D eigenvalue weighted by Crippen LogP contribution is -2.36. The summed E-state index contributed by atoms with van der Waals surface area (Å²) < 4.78 is 6.58. The van der Waals surface area contributed by atoms with Gasteiger partial charge in [-0.3, -0.25) is 0 Å². The number of benzene rings is 1. The normalized spacial score (nSPS) is 14.3. The lowest BCUT2D eigenvalue weighted by atomic mass is 10.1. The molecule has 1 aromatic carbocycles. The predicted octanol–water partition coefficient (Wildman–Crippen LogP) is 2.77. The lowest BCUT2D eigenvalue weighted by molar-refractivity contribution is 0.122. The van der Waals surface area contributed by atoms with Crippen molar-refractivity contribution in [3.63, 3.8) is 0 Å². The van der Waals surface area contributed by atoms with Crippen LogP contribution in [0.3, 0.4) is 0 Å². The number of morpholine rings is 1. The highest BCUT2D eigenvalue weighted by atomic mass is 32.1. The summed E-state index contributed by atoms with van der Waals surface area (Å²) in [5.41, 5.74) is 9.47. The van der Waals surface area contributed by atoms with Crippen molar-refractivity contribution in [2.45, 2.75) is 6.42 Å². The summed E-state index contributed by atoms with van der Waals surface area (Å²) in [6.07, 6.45) is 3.94. The fourth-order valence-corrected chi connectivity index (χ4v) is 4.75. The number of aliphatic hydroxyl groups excluding tert-OH is 1. The zero-order chi connectivity index (χ0) is 21.2. The Labute approximate surface area is 183 Å². The smallest absolute Gasteiger partial charge is 0.219 e. The third kappa shape index (κ3) is 4.07. The molecule has 1 aliphatic heterocycles. The van der Waals surface area contributed by atoms with E-state index in [4.69, 9.17) is 20.4 Å². The molecule has 3 N–H and O–H groups in total. The summed E-state index contributed by atoms with van der Waals surface area (Å²) in [4.78, 5) is 21.3. The second-order valence-corrected chi connectivity index (χ2v) is 8.35. The quantitative estimate of drug-likeness (QED) is 0.493. The van der Waals surface area contributed by atoms with E-state index in [1.165, 1.54) is 0 Å². The van der Waals surface area contributed by atoms with E-state index in [-0.39, 0.29) is 12.6 Å². The molecule has 3 aromatic heterocycles. The maximum absolute atomic E-state index is 9.28. The molecule has 4 aromatic rings. The van der Waals surface area contributed by atoms with Gasteiger partial charge in [-0.2, -0.15) is 0 Å². The second kappa shape index (κ2) is 8.54. The van der Waals surface area contributed by atoms with Gasteiger partial charge in [-0.1, -0.05) is 24.3 Å². The first-order chi connectivity index (χ1) is 15.2. The first-order valence-corrected chi connectivity index (χ1v) is 11.0. The molecule has 0 aliphatic carbocycles. The van der Waals surface area contributed by atoms with Crippen LogP contribution in [0.15, 0.2) is 42.7 Å². The standard InChI is InChI=1S/C22H22N6O2S/c23-22-24-12-16(13-25-22)20-26-17-11-18(15-3-1-2-14(10-15)4-7-29)31-19(17)21(27-20)28-5-8-30-9-6-28/h1-3,10-13,29H,4-9H2,(H2,23,24,25). The van der Waals surface area contributed by atoms with Crippen molar-refractivity contribution in [2.75, 3.05) is 43.5 Å². The number of hydrogen-bond acceptors (Lipinski definition) is 9. The molecule has 0 spiro atoms. The van der Waals surface area contributed by atoms with Gasteiger partial charge in [-0.05, 0) is 23.6 Å². The van der Waals surface area contributed by atoms with E-state index >= 15 is 0 Å². The van der Waals surface area contributed by atoms with Crippen LogP contribution in [0.1, 0.15) is 5.56 Å². The van der Waals surface area contributed by atoms with Gasteiger partial charge in [0.05, 0.1) is 29.0 Å². The van der Waals surface area contributed by atoms with E-state index in [2.05, 4.69) is 33.1 Å². The van der Waals surface area contributed by atoms with Crippen LogP contribution in [0, 0.1) is 0 Å². The Morgan fingerprint density at radius 2 is 1.87 bits per heavy atom. The summed E-state index contributed by atoms with van der Waals surface area (Å²) in [6.45, 7) is 3.04. The zero-order valence-corrected chi connectivity index (χ0v) is 17.7. The third-order valence-electron chi connectivity index (χ3n) is 5.21. The average Bonchev–Trinajstić information content (AvgIpc) is 3.24. The van der Waals surface area contributed by atoms with Gasteiger partial charge < -0.3 is 20.5 Å². The second-order valence-electron chi connectivity index (χ2n) is 7.30. The van der Waals surface area contributed by atoms with Crippen LogP contribution in [0.4, 0.5) is 11.8 Å². The fraction of sp³-hybridized carbons (Fsp3) is 0.273. The van der Waals surface area contributed by atoms with Gasteiger partial charge in [-0.25, -0.2) is 19.9 Å².